The first kappa shape index (κ1) is 17.0. The summed E-state index contributed by atoms with van der Waals surface area (Å²) in [4.78, 5) is 20.7. The van der Waals surface area contributed by atoms with Crippen molar-refractivity contribution in [3.63, 3.8) is 0 Å². The lowest BCUT2D eigenvalue weighted by atomic mass is 9.85. The molecule has 0 unspecified atom stereocenters. The van der Waals surface area contributed by atoms with Gasteiger partial charge in [0, 0.05) is 49.7 Å². The Morgan fingerprint density at radius 3 is 2.54 bits per heavy atom. The highest BCUT2D eigenvalue weighted by molar-refractivity contribution is 5.85. The first-order valence-corrected chi connectivity index (χ1v) is 9.16. The molecular weight excluding hydrogens is 298 g/mol. The Morgan fingerprint density at radius 1 is 1.17 bits per heavy atom. The molecule has 0 bridgehead atoms. The van der Waals surface area contributed by atoms with Gasteiger partial charge < -0.3 is 14.8 Å². The number of fused-ring (bicyclic) bond motifs is 1. The van der Waals surface area contributed by atoms with Gasteiger partial charge in [-0.15, -0.1) is 0 Å². The fraction of sp³-hybridized carbons (Fsp3) is 0.550. The van der Waals surface area contributed by atoms with E-state index in [4.69, 9.17) is 0 Å². The standard InChI is InChI=1S/C20H29N3O/c1-4-22-9-11-23(12-10-22)20(24)13-17(15(2)3)18-14-21-19-8-6-5-7-16(18)19/h5-8,14-15,17,21H,4,9-13H2,1-3H3/t17-/m1/s1. The van der Waals surface area contributed by atoms with Crippen molar-refractivity contribution in [2.75, 3.05) is 32.7 Å². The summed E-state index contributed by atoms with van der Waals surface area (Å²) in [6.07, 6.45) is 2.70. The molecular formula is C20H29N3O. The average molecular weight is 327 g/mol. The van der Waals surface area contributed by atoms with Crippen molar-refractivity contribution in [2.24, 2.45) is 5.92 Å². The molecule has 0 radical (unpaired) electrons. The number of aromatic amines is 1. The van der Waals surface area contributed by atoms with E-state index in [0.29, 0.717) is 18.2 Å². The maximum Gasteiger partial charge on any atom is 0.223 e. The zero-order valence-corrected chi connectivity index (χ0v) is 15.1. The van der Waals surface area contributed by atoms with Crippen molar-refractivity contribution >= 4 is 16.8 Å². The number of piperazine rings is 1. The van der Waals surface area contributed by atoms with Gasteiger partial charge in [0.2, 0.25) is 5.91 Å². The number of rotatable bonds is 5. The van der Waals surface area contributed by atoms with Crippen molar-refractivity contribution in [3.8, 4) is 0 Å². The highest BCUT2D eigenvalue weighted by Crippen LogP contribution is 2.33. The summed E-state index contributed by atoms with van der Waals surface area (Å²) in [6.45, 7) is 11.4. The van der Waals surface area contributed by atoms with Gasteiger partial charge in [0.25, 0.3) is 0 Å². The van der Waals surface area contributed by atoms with Crippen molar-refractivity contribution in [2.45, 2.75) is 33.1 Å². The molecule has 1 aliphatic rings. The number of nitrogens with one attached hydrogen (secondary N) is 1. The number of carbonyl (C=O) groups is 1. The van der Waals surface area contributed by atoms with E-state index in [1.54, 1.807) is 0 Å². The number of carbonyl (C=O) groups excluding carboxylic acids is 1. The van der Waals surface area contributed by atoms with Crippen LogP contribution in [0.5, 0.6) is 0 Å². The van der Waals surface area contributed by atoms with Gasteiger partial charge in [-0.2, -0.15) is 0 Å². The quantitative estimate of drug-likeness (QED) is 0.913. The van der Waals surface area contributed by atoms with Crippen molar-refractivity contribution < 1.29 is 4.79 Å². The number of nitrogens with zero attached hydrogens (tertiary/aromatic N) is 2. The number of para-hydroxylation sites is 1. The minimum atomic E-state index is 0.262. The van der Waals surface area contributed by atoms with Crippen LogP contribution in [0.15, 0.2) is 30.5 Å². The SMILES string of the molecule is CCN1CCN(C(=O)C[C@@H](c2c[nH]c3ccccc23)C(C)C)CC1. The molecule has 1 atom stereocenters. The zero-order chi connectivity index (χ0) is 17.1. The molecule has 1 aromatic carbocycles. The van der Waals surface area contributed by atoms with Gasteiger partial charge in [0.1, 0.15) is 0 Å². The topological polar surface area (TPSA) is 39.3 Å². The van der Waals surface area contributed by atoms with Crippen molar-refractivity contribution in [3.05, 3.63) is 36.0 Å². The number of amides is 1. The highest BCUT2D eigenvalue weighted by atomic mass is 16.2. The van der Waals surface area contributed by atoms with E-state index in [-0.39, 0.29) is 5.92 Å². The van der Waals surface area contributed by atoms with E-state index in [9.17, 15) is 4.79 Å². The lowest BCUT2D eigenvalue weighted by Crippen LogP contribution is -2.48. The molecule has 1 fully saturated rings. The highest BCUT2D eigenvalue weighted by Gasteiger charge is 2.26. The summed E-state index contributed by atoms with van der Waals surface area (Å²) in [7, 11) is 0. The summed E-state index contributed by atoms with van der Waals surface area (Å²) >= 11 is 0. The molecule has 24 heavy (non-hydrogen) atoms. The number of hydrogen-bond donors (Lipinski definition) is 1. The smallest absolute Gasteiger partial charge is 0.223 e. The van der Waals surface area contributed by atoms with Crippen LogP contribution in [0.3, 0.4) is 0 Å². The summed E-state index contributed by atoms with van der Waals surface area (Å²) in [5.41, 5.74) is 2.43. The van der Waals surface area contributed by atoms with Gasteiger partial charge in [0.05, 0.1) is 0 Å². The molecule has 0 spiro atoms. The van der Waals surface area contributed by atoms with E-state index in [2.05, 4.69) is 60.0 Å². The van der Waals surface area contributed by atoms with Crippen LogP contribution in [0.4, 0.5) is 0 Å². The van der Waals surface area contributed by atoms with Gasteiger partial charge in [-0.05, 0) is 30.0 Å². The predicted molar refractivity (Wildman–Crippen MR) is 99.2 cm³/mol. The molecule has 2 aromatic rings. The third-order valence-electron chi connectivity index (χ3n) is 5.39. The van der Waals surface area contributed by atoms with Gasteiger partial charge >= 0.3 is 0 Å². The fourth-order valence-electron chi connectivity index (χ4n) is 3.74. The minimum Gasteiger partial charge on any atom is -0.361 e. The molecule has 1 aliphatic heterocycles. The van der Waals surface area contributed by atoms with Crippen LogP contribution >= 0.6 is 0 Å². The first-order chi connectivity index (χ1) is 11.6. The van der Waals surface area contributed by atoms with E-state index in [0.717, 1.165) is 38.2 Å². The zero-order valence-electron chi connectivity index (χ0n) is 15.1. The Bertz CT molecular complexity index is 683. The number of hydrogen-bond acceptors (Lipinski definition) is 2. The van der Waals surface area contributed by atoms with Crippen molar-refractivity contribution in [1.82, 2.24) is 14.8 Å². The summed E-state index contributed by atoms with van der Waals surface area (Å²) in [6, 6.07) is 8.37. The fourth-order valence-corrected chi connectivity index (χ4v) is 3.74. The summed E-state index contributed by atoms with van der Waals surface area (Å²) in [5.74, 6) is 0.998. The number of likely N-dealkylation sites (N-methyl/N-ethyl adjacent to an activating group) is 1. The Morgan fingerprint density at radius 2 is 1.88 bits per heavy atom. The molecule has 2 heterocycles. The van der Waals surface area contributed by atoms with Crippen LogP contribution < -0.4 is 0 Å². The van der Waals surface area contributed by atoms with Crippen LogP contribution in [0.1, 0.15) is 38.7 Å². The molecule has 4 nitrogen and oxygen atoms in total. The summed E-state index contributed by atoms with van der Waals surface area (Å²) in [5, 5.41) is 1.25. The Kier molecular flexibility index (Phi) is 5.24. The molecule has 0 aliphatic carbocycles. The Hall–Kier alpha value is -1.81. The molecule has 3 rings (SSSR count). The number of benzene rings is 1. The molecule has 0 saturated carbocycles. The second kappa shape index (κ2) is 7.39. The largest absolute Gasteiger partial charge is 0.361 e. The van der Waals surface area contributed by atoms with Crippen LogP contribution in [-0.4, -0.2) is 53.4 Å². The monoisotopic (exact) mass is 327 g/mol. The van der Waals surface area contributed by atoms with Crippen LogP contribution in [0.2, 0.25) is 0 Å². The molecule has 1 aromatic heterocycles. The molecule has 4 heteroatoms. The Balaban J connectivity index is 1.74. The second-order valence-corrected chi connectivity index (χ2v) is 7.16. The van der Waals surface area contributed by atoms with Gasteiger partial charge in [-0.3, -0.25) is 4.79 Å². The van der Waals surface area contributed by atoms with Crippen LogP contribution in [-0.2, 0) is 4.79 Å². The van der Waals surface area contributed by atoms with E-state index in [1.807, 2.05) is 6.07 Å². The lowest BCUT2D eigenvalue weighted by molar-refractivity contribution is -0.133. The Labute approximate surface area is 144 Å². The first-order valence-electron chi connectivity index (χ1n) is 9.16. The van der Waals surface area contributed by atoms with E-state index in [1.165, 1.54) is 10.9 Å². The lowest BCUT2D eigenvalue weighted by Gasteiger charge is -2.35. The van der Waals surface area contributed by atoms with Gasteiger partial charge in [0.15, 0.2) is 0 Å². The molecule has 1 N–H and O–H groups in total. The minimum absolute atomic E-state index is 0.262. The maximum atomic E-state index is 12.8. The van der Waals surface area contributed by atoms with Crippen LogP contribution in [0, 0.1) is 5.92 Å². The second-order valence-electron chi connectivity index (χ2n) is 7.16. The normalized spacial score (nSPS) is 17.6. The average Bonchev–Trinajstić information content (AvgIpc) is 3.03. The number of aromatic nitrogens is 1. The molecule has 1 amide bonds. The predicted octanol–water partition coefficient (Wildman–Crippen LogP) is 3.46. The van der Waals surface area contributed by atoms with E-state index < -0.39 is 0 Å². The van der Waals surface area contributed by atoms with Gasteiger partial charge in [-0.1, -0.05) is 39.0 Å². The number of H-pyrrole nitrogens is 1. The van der Waals surface area contributed by atoms with Gasteiger partial charge in [-0.25, -0.2) is 0 Å². The maximum absolute atomic E-state index is 12.8. The molecule has 1 saturated heterocycles. The molecule has 130 valence electrons. The summed E-state index contributed by atoms with van der Waals surface area (Å²) < 4.78 is 0. The van der Waals surface area contributed by atoms with E-state index >= 15 is 0 Å². The third-order valence-corrected chi connectivity index (χ3v) is 5.39. The van der Waals surface area contributed by atoms with Crippen molar-refractivity contribution in [1.29, 1.82) is 0 Å². The third kappa shape index (κ3) is 3.48. The van der Waals surface area contributed by atoms with Crippen LogP contribution in [0.25, 0.3) is 10.9 Å².